The Morgan fingerprint density at radius 3 is 2.39 bits per heavy atom. The largest absolute Gasteiger partial charge is 0.495 e. The Labute approximate surface area is 275 Å². The topological polar surface area (TPSA) is 135 Å². The predicted molar refractivity (Wildman–Crippen MR) is 174 cm³/mol. The second-order valence-corrected chi connectivity index (χ2v) is 13.3. The molecule has 3 N–H and O–H groups in total. The van der Waals surface area contributed by atoms with E-state index in [9.17, 15) is 19.2 Å². The molecule has 2 aliphatic heterocycles. The van der Waals surface area contributed by atoms with Gasteiger partial charge in [0.15, 0.2) is 0 Å². The van der Waals surface area contributed by atoms with E-state index in [0.717, 1.165) is 5.56 Å². The molecule has 2 heterocycles. The van der Waals surface area contributed by atoms with Crippen molar-refractivity contribution in [3.05, 3.63) is 76.8 Å². The second-order valence-electron chi connectivity index (χ2n) is 12.9. The number of hydrogen-bond donors (Lipinski definition) is 3. The Kier molecular flexibility index (Phi) is 11.5. The van der Waals surface area contributed by atoms with Crippen LogP contribution in [0.3, 0.4) is 0 Å². The normalized spacial score (nSPS) is 27.1. The fourth-order valence-corrected chi connectivity index (χ4v) is 5.68. The van der Waals surface area contributed by atoms with Crippen LogP contribution in [-0.2, 0) is 35.1 Å². The number of carbonyl (C=O) groups is 4. The van der Waals surface area contributed by atoms with Gasteiger partial charge < -0.3 is 30.2 Å². The van der Waals surface area contributed by atoms with Crippen molar-refractivity contribution in [2.75, 3.05) is 13.7 Å². The fraction of sp³-hybridized carbons (Fsp3) is 0.486. The van der Waals surface area contributed by atoms with Gasteiger partial charge in [0.1, 0.15) is 30.0 Å². The number of esters is 1. The predicted octanol–water partition coefficient (Wildman–Crippen LogP) is 4.31. The summed E-state index contributed by atoms with van der Waals surface area (Å²) >= 11 is 6.31. The van der Waals surface area contributed by atoms with Gasteiger partial charge in [0.2, 0.25) is 17.7 Å². The number of cyclic esters (lactones) is 1. The van der Waals surface area contributed by atoms with Gasteiger partial charge in [-0.1, -0.05) is 74.8 Å². The summed E-state index contributed by atoms with van der Waals surface area (Å²) in [6.45, 7) is 8.91. The second kappa shape index (κ2) is 15.1. The van der Waals surface area contributed by atoms with Gasteiger partial charge in [-0.25, -0.2) is 4.79 Å². The van der Waals surface area contributed by atoms with Crippen LogP contribution < -0.4 is 20.7 Å². The molecule has 0 aliphatic carbocycles. The average Bonchev–Trinajstić information content (AvgIpc) is 3.82. The van der Waals surface area contributed by atoms with Crippen molar-refractivity contribution in [2.45, 2.75) is 77.9 Å². The monoisotopic (exact) mass is 653 g/mol. The molecule has 3 amide bonds. The number of benzene rings is 2. The van der Waals surface area contributed by atoms with Crippen LogP contribution in [0.1, 0.15) is 58.3 Å². The SMILES string of the molecule is COc1ccc(CC2NC(=O)/C=C/C[C@@H]([C@H](C)[C@H]3O[C@@H]3c3ccccc3)OC(=O)[C@H](C(C)C)NC(=O)C(C)(C)CNC2=O)cc1Cl. The van der Waals surface area contributed by atoms with Gasteiger partial charge in [-0.05, 0) is 49.1 Å². The molecule has 2 aliphatic rings. The molecule has 0 bridgehead atoms. The first-order valence-electron chi connectivity index (χ1n) is 15.6. The van der Waals surface area contributed by atoms with Crippen LogP contribution in [-0.4, -0.2) is 61.6 Å². The summed E-state index contributed by atoms with van der Waals surface area (Å²) in [5, 5.41) is 8.81. The Morgan fingerprint density at radius 1 is 1.02 bits per heavy atom. The van der Waals surface area contributed by atoms with Crippen LogP contribution in [0.15, 0.2) is 60.7 Å². The van der Waals surface area contributed by atoms with Gasteiger partial charge in [0, 0.05) is 25.3 Å². The summed E-state index contributed by atoms with van der Waals surface area (Å²) in [4.78, 5) is 53.5. The van der Waals surface area contributed by atoms with E-state index >= 15 is 0 Å². The van der Waals surface area contributed by atoms with Crippen LogP contribution in [0.2, 0.25) is 5.02 Å². The minimum Gasteiger partial charge on any atom is -0.495 e. The molecule has 46 heavy (non-hydrogen) atoms. The summed E-state index contributed by atoms with van der Waals surface area (Å²) in [6.07, 6.45) is 2.37. The standard InChI is InChI=1S/C35H44ClN3O7/c1-20(2)29-33(42)45-26(21(3)30-31(46-30)23-11-8-7-9-12-23)13-10-14-28(40)38-25(18-22-15-16-27(44-6)24(36)17-22)32(41)37-19-35(4,5)34(43)39-29/h7-12,14-17,20-21,25-26,29-31H,13,18-19H2,1-6H3,(H,37,41)(H,38,40)(H,39,43)/b14-10+/t21-,25?,26-,29-,30+,31+/m0/s1. The number of epoxide rings is 1. The van der Waals surface area contributed by atoms with Crippen LogP contribution in [0, 0.1) is 17.3 Å². The number of nitrogens with one attached hydrogen (secondary N) is 3. The molecule has 2 aromatic carbocycles. The van der Waals surface area contributed by atoms with Gasteiger partial charge in [0.25, 0.3) is 0 Å². The molecule has 0 saturated carbocycles. The Balaban J connectivity index is 1.60. The molecule has 248 valence electrons. The summed E-state index contributed by atoms with van der Waals surface area (Å²) in [7, 11) is 1.51. The third kappa shape index (κ3) is 8.88. The first-order chi connectivity index (χ1) is 21.8. The lowest BCUT2D eigenvalue weighted by Crippen LogP contribution is -2.55. The molecule has 0 radical (unpaired) electrons. The van der Waals surface area contributed by atoms with E-state index < -0.39 is 47.3 Å². The van der Waals surface area contributed by atoms with Gasteiger partial charge in [0.05, 0.1) is 23.7 Å². The highest BCUT2D eigenvalue weighted by Crippen LogP contribution is 2.45. The first kappa shape index (κ1) is 35.0. The lowest BCUT2D eigenvalue weighted by molar-refractivity contribution is -0.157. The minimum atomic E-state index is -1.09. The third-order valence-electron chi connectivity index (χ3n) is 8.48. The number of amides is 3. The number of carbonyl (C=O) groups excluding carboxylic acids is 4. The number of ether oxygens (including phenoxy) is 3. The van der Waals surface area contributed by atoms with E-state index in [-0.39, 0.29) is 43.4 Å². The van der Waals surface area contributed by atoms with Crippen molar-refractivity contribution in [2.24, 2.45) is 17.3 Å². The van der Waals surface area contributed by atoms with Crippen LogP contribution in [0.4, 0.5) is 0 Å². The number of halogens is 1. The maximum atomic E-state index is 13.5. The van der Waals surface area contributed by atoms with Gasteiger partial charge >= 0.3 is 5.97 Å². The zero-order chi connectivity index (χ0) is 33.6. The average molecular weight is 654 g/mol. The molecule has 4 rings (SSSR count). The smallest absolute Gasteiger partial charge is 0.329 e. The zero-order valence-electron chi connectivity index (χ0n) is 27.2. The maximum Gasteiger partial charge on any atom is 0.329 e. The molecule has 6 atom stereocenters. The van der Waals surface area contributed by atoms with Crippen molar-refractivity contribution in [1.82, 2.24) is 16.0 Å². The molecular formula is C35H44ClN3O7. The number of hydrogen-bond acceptors (Lipinski definition) is 7. The molecule has 1 unspecified atom stereocenters. The van der Waals surface area contributed by atoms with E-state index in [1.165, 1.54) is 13.2 Å². The minimum absolute atomic E-state index is 0.0390. The van der Waals surface area contributed by atoms with Crippen molar-refractivity contribution in [3.8, 4) is 5.75 Å². The van der Waals surface area contributed by atoms with Crippen LogP contribution >= 0.6 is 11.6 Å². The van der Waals surface area contributed by atoms with Crippen LogP contribution in [0.25, 0.3) is 0 Å². The van der Waals surface area contributed by atoms with E-state index in [1.54, 1.807) is 38.1 Å². The number of methoxy groups -OCH3 is 1. The van der Waals surface area contributed by atoms with Crippen molar-refractivity contribution < 1.29 is 33.4 Å². The number of rotatable bonds is 7. The van der Waals surface area contributed by atoms with Gasteiger partial charge in [-0.2, -0.15) is 0 Å². The molecule has 10 nitrogen and oxygen atoms in total. The Morgan fingerprint density at radius 2 is 1.74 bits per heavy atom. The van der Waals surface area contributed by atoms with Gasteiger partial charge in [-0.3, -0.25) is 14.4 Å². The third-order valence-corrected chi connectivity index (χ3v) is 8.77. The highest BCUT2D eigenvalue weighted by atomic mass is 35.5. The Bertz CT molecular complexity index is 1440. The van der Waals surface area contributed by atoms with E-state index in [1.807, 2.05) is 51.1 Å². The highest BCUT2D eigenvalue weighted by molar-refractivity contribution is 6.32. The molecule has 0 spiro atoms. The van der Waals surface area contributed by atoms with E-state index in [0.29, 0.717) is 16.3 Å². The summed E-state index contributed by atoms with van der Waals surface area (Å²) in [5.74, 6) is -1.95. The molecule has 1 fully saturated rings. The zero-order valence-corrected chi connectivity index (χ0v) is 27.9. The van der Waals surface area contributed by atoms with Crippen LogP contribution in [0.5, 0.6) is 5.75 Å². The maximum absolute atomic E-state index is 13.5. The summed E-state index contributed by atoms with van der Waals surface area (Å²) in [6, 6.07) is 13.1. The molecule has 1 saturated heterocycles. The highest BCUT2D eigenvalue weighted by Gasteiger charge is 2.47. The summed E-state index contributed by atoms with van der Waals surface area (Å²) < 4.78 is 17.3. The molecule has 0 aromatic heterocycles. The molecular weight excluding hydrogens is 610 g/mol. The molecule has 11 heteroatoms. The Hall–Kier alpha value is -3.89. The fourth-order valence-electron chi connectivity index (χ4n) is 5.40. The van der Waals surface area contributed by atoms with E-state index in [4.69, 9.17) is 25.8 Å². The molecule has 2 aromatic rings. The lowest BCUT2D eigenvalue weighted by atomic mass is 9.90. The lowest BCUT2D eigenvalue weighted by Gasteiger charge is -2.31. The first-order valence-corrected chi connectivity index (χ1v) is 16.0. The summed E-state index contributed by atoms with van der Waals surface area (Å²) in [5.41, 5.74) is 0.653. The quantitative estimate of drug-likeness (QED) is 0.299. The van der Waals surface area contributed by atoms with Crippen molar-refractivity contribution in [3.63, 3.8) is 0 Å². The van der Waals surface area contributed by atoms with Crippen molar-refractivity contribution in [1.29, 1.82) is 0 Å². The van der Waals surface area contributed by atoms with E-state index in [2.05, 4.69) is 16.0 Å². The van der Waals surface area contributed by atoms with Crippen molar-refractivity contribution >= 4 is 35.3 Å². The van der Waals surface area contributed by atoms with Gasteiger partial charge in [-0.15, -0.1) is 0 Å².